The monoisotopic (exact) mass is 494 g/mol. The second kappa shape index (κ2) is 11.1. The highest BCUT2D eigenvalue weighted by atomic mass is 16.5. The molecule has 2 N–H and O–H groups in total. The Bertz CT molecular complexity index is 1410. The lowest BCUT2D eigenvalue weighted by Gasteiger charge is -2.28. The summed E-state index contributed by atoms with van der Waals surface area (Å²) in [4.78, 5) is 46.1. The highest BCUT2D eigenvalue weighted by Gasteiger charge is 2.29. The Morgan fingerprint density at radius 1 is 1.19 bits per heavy atom. The number of para-hydroxylation sites is 1. The Hall–Kier alpha value is -4.04. The van der Waals surface area contributed by atoms with Crippen LogP contribution in [0.25, 0.3) is 11.2 Å². The number of hydrogen-bond acceptors (Lipinski definition) is 7. The molecule has 4 rings (SSSR count). The smallest absolute Gasteiger partial charge is 0.333 e. The average molecular weight is 495 g/mol. The number of hydrogen-bond donors (Lipinski definition) is 2. The maximum Gasteiger partial charge on any atom is 0.333 e. The highest BCUT2D eigenvalue weighted by molar-refractivity contribution is 5.79. The quantitative estimate of drug-likeness (QED) is 0.421. The van der Waals surface area contributed by atoms with Gasteiger partial charge in [0.25, 0.3) is 5.56 Å². The van der Waals surface area contributed by atoms with E-state index in [1.165, 1.54) is 0 Å². The topological polar surface area (TPSA) is 124 Å². The second-order valence-corrected chi connectivity index (χ2v) is 8.37. The number of aromatic nitrogens is 4. The number of fused-ring (bicyclic) bond motifs is 1. The fourth-order valence-corrected chi connectivity index (χ4v) is 4.37. The van der Waals surface area contributed by atoms with Gasteiger partial charge in [0, 0.05) is 26.2 Å². The van der Waals surface area contributed by atoms with Crippen LogP contribution in [0.2, 0.25) is 0 Å². The molecule has 11 heteroatoms. The number of piperazine rings is 1. The Kier molecular flexibility index (Phi) is 7.75. The fraction of sp³-hybridized carbons (Fsp3) is 0.440. The predicted molar refractivity (Wildman–Crippen MR) is 136 cm³/mol. The van der Waals surface area contributed by atoms with E-state index in [9.17, 15) is 19.5 Å². The number of carboxylic acids is 1. The van der Waals surface area contributed by atoms with E-state index in [0.717, 1.165) is 22.2 Å². The number of carboxylic acid groups (broad SMARTS) is 1. The lowest BCUT2D eigenvalue weighted by molar-refractivity contribution is -0.141. The van der Waals surface area contributed by atoms with Gasteiger partial charge in [-0.2, -0.15) is 4.98 Å². The molecule has 2 aromatic heterocycles. The van der Waals surface area contributed by atoms with Crippen LogP contribution >= 0.6 is 0 Å². The van der Waals surface area contributed by atoms with Gasteiger partial charge in [-0.25, -0.2) is 9.59 Å². The van der Waals surface area contributed by atoms with Crippen molar-refractivity contribution >= 4 is 23.1 Å². The predicted octanol–water partition coefficient (Wildman–Crippen LogP) is 0.907. The summed E-state index contributed by atoms with van der Waals surface area (Å²) in [7, 11) is 0. The van der Waals surface area contributed by atoms with Crippen molar-refractivity contribution in [2.75, 3.05) is 37.7 Å². The molecule has 1 fully saturated rings. The largest absolute Gasteiger partial charge is 0.492 e. The summed E-state index contributed by atoms with van der Waals surface area (Å²) in [5.41, 5.74) is -1.05. The van der Waals surface area contributed by atoms with Crippen molar-refractivity contribution < 1.29 is 14.6 Å². The molecule has 3 heterocycles. The highest BCUT2D eigenvalue weighted by Crippen LogP contribution is 2.23. The lowest BCUT2D eigenvalue weighted by Crippen LogP contribution is -2.45. The first kappa shape index (κ1) is 25.1. The van der Waals surface area contributed by atoms with Gasteiger partial charge in [-0.15, -0.1) is 5.92 Å². The fourth-order valence-electron chi connectivity index (χ4n) is 4.37. The molecule has 3 aromatic rings. The number of carbonyl (C=O) groups is 1. The van der Waals surface area contributed by atoms with Gasteiger partial charge in [-0.05, 0) is 25.5 Å². The first-order chi connectivity index (χ1) is 17.5. The number of imidazole rings is 1. The van der Waals surface area contributed by atoms with E-state index < -0.39 is 23.3 Å². The molecule has 0 saturated carbocycles. The van der Waals surface area contributed by atoms with E-state index in [4.69, 9.17) is 4.74 Å². The van der Waals surface area contributed by atoms with Crippen LogP contribution in [0.5, 0.6) is 5.75 Å². The molecule has 1 atom stereocenters. The van der Waals surface area contributed by atoms with Crippen molar-refractivity contribution in [1.29, 1.82) is 0 Å². The van der Waals surface area contributed by atoms with Gasteiger partial charge in [0.05, 0.1) is 13.1 Å². The van der Waals surface area contributed by atoms with Crippen LogP contribution < -0.4 is 26.2 Å². The zero-order valence-electron chi connectivity index (χ0n) is 20.4. The molecule has 1 aromatic carbocycles. The maximum absolute atomic E-state index is 13.7. The van der Waals surface area contributed by atoms with Gasteiger partial charge in [-0.1, -0.05) is 31.0 Å². The van der Waals surface area contributed by atoms with Crippen molar-refractivity contribution in [1.82, 2.24) is 24.0 Å². The van der Waals surface area contributed by atoms with Crippen molar-refractivity contribution in [3.05, 3.63) is 51.2 Å². The molecule has 0 spiro atoms. The van der Waals surface area contributed by atoms with Crippen LogP contribution in [0, 0.1) is 11.8 Å². The van der Waals surface area contributed by atoms with Gasteiger partial charge in [0.1, 0.15) is 18.4 Å². The third kappa shape index (κ3) is 4.85. The first-order valence-electron chi connectivity index (χ1n) is 12.0. The number of benzene rings is 1. The van der Waals surface area contributed by atoms with Crippen molar-refractivity contribution in [3.8, 4) is 17.6 Å². The molecule has 11 nitrogen and oxygen atoms in total. The van der Waals surface area contributed by atoms with Crippen LogP contribution in [-0.2, 0) is 17.9 Å². The molecule has 1 aliphatic heterocycles. The zero-order valence-corrected chi connectivity index (χ0v) is 20.4. The molecule has 0 aliphatic carbocycles. The summed E-state index contributed by atoms with van der Waals surface area (Å²) in [5, 5.41) is 13.2. The zero-order chi connectivity index (χ0) is 25.7. The van der Waals surface area contributed by atoms with Crippen molar-refractivity contribution in [3.63, 3.8) is 0 Å². The van der Waals surface area contributed by atoms with Crippen LogP contribution in [0.4, 0.5) is 5.95 Å². The van der Waals surface area contributed by atoms with E-state index in [1.54, 1.807) is 30.5 Å². The average Bonchev–Trinajstić information content (AvgIpc) is 3.27. The van der Waals surface area contributed by atoms with Gasteiger partial charge in [0.2, 0.25) is 5.95 Å². The number of aliphatic carboxylic acids is 1. The standard InChI is InChI=1S/C25H30N6O5/c1-3-5-13-29-20-21(27-24(29)28-14-11-26-12-15-28)31(19(4-2)23(33)34)25(35)30(22(20)32)16-17-36-18-9-7-6-8-10-18/h6-10,19,26H,4,11-17H2,1-2H3,(H,33,34). The SMILES string of the molecule is CC#CCn1c(N2CCNCC2)nc2c1c(=O)n(CCOc1ccccc1)c(=O)n2C(CC)C(=O)O. The van der Waals surface area contributed by atoms with Gasteiger partial charge in [0.15, 0.2) is 11.2 Å². The van der Waals surface area contributed by atoms with Crippen molar-refractivity contribution in [2.45, 2.75) is 39.4 Å². The summed E-state index contributed by atoms with van der Waals surface area (Å²) in [5.74, 6) is 5.77. The number of rotatable bonds is 9. The summed E-state index contributed by atoms with van der Waals surface area (Å²) in [6.45, 7) is 6.37. The molecule has 0 bridgehead atoms. The summed E-state index contributed by atoms with van der Waals surface area (Å²) in [6, 6.07) is 7.88. The van der Waals surface area contributed by atoms with Gasteiger partial charge >= 0.3 is 11.7 Å². The minimum Gasteiger partial charge on any atom is -0.492 e. The maximum atomic E-state index is 13.7. The summed E-state index contributed by atoms with van der Waals surface area (Å²) in [6.07, 6.45) is 0.146. The third-order valence-corrected chi connectivity index (χ3v) is 6.17. The van der Waals surface area contributed by atoms with Gasteiger partial charge < -0.3 is 20.1 Å². The number of nitrogens with zero attached hydrogens (tertiary/aromatic N) is 5. The van der Waals surface area contributed by atoms with Crippen LogP contribution in [0.1, 0.15) is 26.3 Å². The molecule has 1 unspecified atom stereocenters. The Balaban J connectivity index is 1.91. The van der Waals surface area contributed by atoms with E-state index in [2.05, 4.69) is 22.1 Å². The van der Waals surface area contributed by atoms with E-state index >= 15 is 0 Å². The Morgan fingerprint density at radius 2 is 1.92 bits per heavy atom. The van der Waals surface area contributed by atoms with Crippen LogP contribution in [0.15, 0.2) is 39.9 Å². The van der Waals surface area contributed by atoms with E-state index in [0.29, 0.717) is 24.8 Å². The molecular weight excluding hydrogens is 464 g/mol. The van der Waals surface area contributed by atoms with Crippen LogP contribution in [-0.4, -0.2) is 62.5 Å². The number of ether oxygens (including phenoxy) is 1. The second-order valence-electron chi connectivity index (χ2n) is 8.37. The molecule has 0 amide bonds. The van der Waals surface area contributed by atoms with Gasteiger partial charge in [-0.3, -0.25) is 18.5 Å². The summed E-state index contributed by atoms with van der Waals surface area (Å²) < 4.78 is 9.58. The van der Waals surface area contributed by atoms with E-state index in [-0.39, 0.29) is 37.3 Å². The number of anilines is 1. The molecule has 1 saturated heterocycles. The third-order valence-electron chi connectivity index (χ3n) is 6.17. The molecule has 190 valence electrons. The molecular formula is C25H30N6O5. The minimum atomic E-state index is -1.18. The Morgan fingerprint density at radius 3 is 2.56 bits per heavy atom. The number of nitrogens with one attached hydrogen (secondary N) is 1. The minimum absolute atomic E-state index is 0.0494. The van der Waals surface area contributed by atoms with Crippen molar-refractivity contribution in [2.24, 2.45) is 0 Å². The molecule has 0 radical (unpaired) electrons. The Labute approximate surface area is 207 Å². The van der Waals surface area contributed by atoms with Crippen LogP contribution in [0.3, 0.4) is 0 Å². The summed E-state index contributed by atoms with van der Waals surface area (Å²) >= 11 is 0. The first-order valence-corrected chi connectivity index (χ1v) is 12.0. The lowest BCUT2D eigenvalue weighted by atomic mass is 10.2. The van der Waals surface area contributed by atoms with E-state index in [1.807, 2.05) is 23.1 Å². The normalized spacial score (nSPS) is 14.3. The molecule has 36 heavy (non-hydrogen) atoms. The molecule has 1 aliphatic rings.